The quantitative estimate of drug-likeness (QED) is 0.573. The molecule has 0 amide bonds. The van der Waals surface area contributed by atoms with Crippen LogP contribution < -0.4 is 9.80 Å². The van der Waals surface area contributed by atoms with Crippen LogP contribution in [0.1, 0.15) is 19.4 Å². The number of nitrogens with zero attached hydrogens (tertiary/aromatic N) is 4. The number of anilines is 4. The highest BCUT2D eigenvalue weighted by molar-refractivity contribution is 7.14. The lowest BCUT2D eigenvalue weighted by molar-refractivity contribution is 0.174. The summed E-state index contributed by atoms with van der Waals surface area (Å²) in [5.41, 5.74) is 3.70. The maximum absolute atomic E-state index is 4.69. The van der Waals surface area contributed by atoms with E-state index in [1.807, 2.05) is 6.20 Å². The van der Waals surface area contributed by atoms with Crippen LogP contribution in [0, 0.1) is 5.41 Å². The molecule has 3 unspecified atom stereocenters. The SMILES string of the molecule is CC12C=CC1(C)C1N(c3cccs3)c3cncnc3N1c1ccccc12. The van der Waals surface area contributed by atoms with Crippen LogP contribution in [0.3, 0.4) is 0 Å². The fraction of sp³-hybridized carbons (Fsp3) is 0.238. The first kappa shape index (κ1) is 14.5. The number of hydrogen-bond acceptors (Lipinski definition) is 5. The summed E-state index contributed by atoms with van der Waals surface area (Å²) >= 11 is 1.77. The normalized spacial score (nSPS) is 30.3. The Morgan fingerprint density at radius 3 is 2.65 bits per heavy atom. The zero-order valence-corrected chi connectivity index (χ0v) is 15.4. The van der Waals surface area contributed by atoms with Crippen LogP contribution >= 0.6 is 11.3 Å². The molecule has 1 aliphatic carbocycles. The second-order valence-corrected chi connectivity index (χ2v) is 8.56. The average molecular weight is 358 g/mol. The van der Waals surface area contributed by atoms with E-state index in [1.165, 1.54) is 16.3 Å². The number of allylic oxidation sites excluding steroid dienone is 1. The Balaban J connectivity index is 1.70. The van der Waals surface area contributed by atoms with Crippen LogP contribution in [0.5, 0.6) is 0 Å². The molecular weight excluding hydrogens is 340 g/mol. The summed E-state index contributed by atoms with van der Waals surface area (Å²) in [6.45, 7) is 4.74. The Morgan fingerprint density at radius 2 is 1.88 bits per heavy atom. The zero-order valence-electron chi connectivity index (χ0n) is 14.6. The molecule has 0 fully saturated rings. The molecule has 2 aliphatic heterocycles. The van der Waals surface area contributed by atoms with Gasteiger partial charge in [-0.1, -0.05) is 44.2 Å². The molecule has 3 atom stereocenters. The van der Waals surface area contributed by atoms with Gasteiger partial charge in [0.1, 0.15) is 18.2 Å². The second-order valence-electron chi connectivity index (χ2n) is 7.63. The smallest absolute Gasteiger partial charge is 0.162 e. The standard InChI is InChI=1S/C21H18N4S/c1-20-9-10-21(20,2)19-24(17-8-5-11-26-17)16-12-22-13-23-18(16)25(19)15-7-4-3-6-14(15)20/h3-13,19H,1-2H3. The van der Waals surface area contributed by atoms with Crippen molar-refractivity contribution in [2.75, 3.05) is 9.80 Å². The third kappa shape index (κ3) is 1.44. The van der Waals surface area contributed by atoms with Crippen molar-refractivity contribution in [1.82, 2.24) is 9.97 Å². The van der Waals surface area contributed by atoms with Crippen molar-refractivity contribution in [1.29, 1.82) is 0 Å². The monoisotopic (exact) mass is 358 g/mol. The van der Waals surface area contributed by atoms with Gasteiger partial charge in [0, 0.05) is 16.5 Å². The summed E-state index contributed by atoms with van der Waals surface area (Å²) in [7, 11) is 0. The highest BCUT2D eigenvalue weighted by Crippen LogP contribution is 2.66. The van der Waals surface area contributed by atoms with Crippen LogP contribution in [0.15, 0.2) is 66.5 Å². The molecule has 6 rings (SSSR count). The van der Waals surface area contributed by atoms with Gasteiger partial charge in [0.15, 0.2) is 5.82 Å². The van der Waals surface area contributed by atoms with Crippen molar-refractivity contribution in [2.45, 2.75) is 25.4 Å². The molecular formula is C21H18N4S. The fourth-order valence-electron chi connectivity index (χ4n) is 4.92. The molecule has 1 aromatic carbocycles. The summed E-state index contributed by atoms with van der Waals surface area (Å²) < 4.78 is 0. The van der Waals surface area contributed by atoms with E-state index in [4.69, 9.17) is 4.98 Å². The van der Waals surface area contributed by atoms with Gasteiger partial charge in [-0.2, -0.15) is 0 Å². The minimum Gasteiger partial charge on any atom is -0.306 e. The first-order valence-corrected chi connectivity index (χ1v) is 9.75. The molecule has 4 heterocycles. The van der Waals surface area contributed by atoms with E-state index in [9.17, 15) is 0 Å². The van der Waals surface area contributed by atoms with E-state index < -0.39 is 0 Å². The number of rotatable bonds is 1. The third-order valence-corrected chi connectivity index (χ3v) is 7.40. The Bertz CT molecular complexity index is 1060. The van der Waals surface area contributed by atoms with E-state index in [2.05, 4.69) is 82.6 Å². The molecule has 0 saturated heterocycles. The molecule has 5 heteroatoms. The van der Waals surface area contributed by atoms with E-state index in [-0.39, 0.29) is 17.0 Å². The summed E-state index contributed by atoms with van der Waals surface area (Å²) in [4.78, 5) is 13.9. The molecule has 0 spiro atoms. The fourth-order valence-corrected chi connectivity index (χ4v) is 5.68. The van der Waals surface area contributed by atoms with Crippen molar-refractivity contribution < 1.29 is 0 Å². The molecule has 128 valence electrons. The zero-order chi connectivity index (χ0) is 17.5. The van der Waals surface area contributed by atoms with E-state index >= 15 is 0 Å². The molecule has 26 heavy (non-hydrogen) atoms. The summed E-state index contributed by atoms with van der Waals surface area (Å²) in [5, 5.41) is 3.37. The van der Waals surface area contributed by atoms with Gasteiger partial charge in [-0.15, -0.1) is 11.3 Å². The van der Waals surface area contributed by atoms with Crippen LogP contribution in [-0.4, -0.2) is 16.1 Å². The molecule has 0 N–H and O–H groups in total. The van der Waals surface area contributed by atoms with Crippen LogP contribution in [-0.2, 0) is 5.41 Å². The van der Waals surface area contributed by atoms with Crippen LogP contribution in [0.2, 0.25) is 0 Å². The number of benzene rings is 1. The van der Waals surface area contributed by atoms with Gasteiger partial charge in [-0.05, 0) is 29.1 Å². The van der Waals surface area contributed by atoms with Crippen molar-refractivity contribution in [3.8, 4) is 0 Å². The van der Waals surface area contributed by atoms with E-state index in [0.29, 0.717) is 0 Å². The lowest BCUT2D eigenvalue weighted by Gasteiger charge is -2.61. The Morgan fingerprint density at radius 1 is 1.00 bits per heavy atom. The number of para-hydroxylation sites is 1. The molecule has 0 radical (unpaired) electrons. The molecule has 3 aromatic rings. The Kier molecular flexibility index (Phi) is 2.53. The Hall–Kier alpha value is -2.66. The van der Waals surface area contributed by atoms with Gasteiger partial charge >= 0.3 is 0 Å². The summed E-state index contributed by atoms with van der Waals surface area (Å²) in [6, 6.07) is 13.1. The van der Waals surface area contributed by atoms with Crippen molar-refractivity contribution in [2.24, 2.45) is 5.41 Å². The van der Waals surface area contributed by atoms with Crippen LogP contribution in [0.25, 0.3) is 0 Å². The van der Waals surface area contributed by atoms with Crippen molar-refractivity contribution in [3.63, 3.8) is 0 Å². The van der Waals surface area contributed by atoms with Crippen LogP contribution in [0.4, 0.5) is 22.2 Å². The predicted octanol–water partition coefficient (Wildman–Crippen LogP) is 5.00. The molecule has 0 saturated carbocycles. The maximum Gasteiger partial charge on any atom is 0.162 e. The first-order valence-electron chi connectivity index (χ1n) is 8.87. The molecule has 2 aromatic heterocycles. The van der Waals surface area contributed by atoms with E-state index in [0.717, 1.165) is 11.5 Å². The van der Waals surface area contributed by atoms with Gasteiger partial charge in [-0.3, -0.25) is 0 Å². The highest BCUT2D eigenvalue weighted by atomic mass is 32.1. The van der Waals surface area contributed by atoms with Gasteiger partial charge in [0.2, 0.25) is 0 Å². The average Bonchev–Trinajstić information content (AvgIpc) is 3.30. The van der Waals surface area contributed by atoms with Crippen molar-refractivity contribution >= 4 is 33.5 Å². The minimum atomic E-state index is -0.0218. The van der Waals surface area contributed by atoms with E-state index in [1.54, 1.807) is 17.7 Å². The lowest BCUT2D eigenvalue weighted by Crippen LogP contribution is -2.64. The number of thiophene rings is 1. The van der Waals surface area contributed by atoms with Gasteiger partial charge < -0.3 is 9.80 Å². The molecule has 0 bridgehead atoms. The highest BCUT2D eigenvalue weighted by Gasteiger charge is 2.64. The van der Waals surface area contributed by atoms with Gasteiger partial charge in [0.05, 0.1) is 11.2 Å². The predicted molar refractivity (Wildman–Crippen MR) is 105 cm³/mol. The number of hydrogen-bond donors (Lipinski definition) is 0. The Labute approximate surface area is 156 Å². The number of aromatic nitrogens is 2. The van der Waals surface area contributed by atoms with Gasteiger partial charge in [-0.25, -0.2) is 9.97 Å². The first-order chi connectivity index (χ1) is 12.7. The lowest BCUT2D eigenvalue weighted by atomic mass is 9.51. The second kappa shape index (κ2) is 4.54. The van der Waals surface area contributed by atoms with Crippen molar-refractivity contribution in [3.05, 3.63) is 72.0 Å². The molecule has 4 nitrogen and oxygen atoms in total. The van der Waals surface area contributed by atoms with Gasteiger partial charge in [0.25, 0.3) is 0 Å². The summed E-state index contributed by atoms with van der Waals surface area (Å²) in [6.07, 6.45) is 8.50. The number of fused-ring (bicyclic) bond motifs is 8. The topological polar surface area (TPSA) is 32.3 Å². The maximum atomic E-state index is 4.69. The largest absolute Gasteiger partial charge is 0.306 e. The molecule has 3 aliphatic rings. The minimum absolute atomic E-state index is 0.00966. The third-order valence-electron chi connectivity index (χ3n) is 6.53. The summed E-state index contributed by atoms with van der Waals surface area (Å²) in [5.74, 6) is 0.995.